The Morgan fingerprint density at radius 3 is 1.53 bits per heavy atom. The van der Waals surface area contributed by atoms with Crippen LogP contribution >= 0.6 is 23.2 Å². The van der Waals surface area contributed by atoms with E-state index in [0.717, 1.165) is 48.3 Å². The number of fused-ring (bicyclic) bond motifs is 2. The van der Waals surface area contributed by atoms with E-state index >= 15 is 0 Å². The lowest BCUT2D eigenvalue weighted by Gasteiger charge is -2.30. The minimum atomic E-state index is -0.518. The van der Waals surface area contributed by atoms with Crippen LogP contribution in [0.5, 0.6) is 11.5 Å². The van der Waals surface area contributed by atoms with Gasteiger partial charge in [-0.2, -0.15) is 0 Å². The lowest BCUT2D eigenvalue weighted by molar-refractivity contribution is -0.129. The van der Waals surface area contributed by atoms with Gasteiger partial charge in [-0.1, -0.05) is 23.2 Å². The number of benzene rings is 2. The van der Waals surface area contributed by atoms with Gasteiger partial charge >= 0.3 is 0 Å². The van der Waals surface area contributed by atoms with Crippen LogP contribution in [0.15, 0.2) is 36.4 Å². The smallest absolute Gasteiger partial charge is 0.261 e. The molecule has 2 N–H and O–H groups in total. The van der Waals surface area contributed by atoms with Crippen LogP contribution in [0.3, 0.4) is 0 Å². The van der Waals surface area contributed by atoms with Crippen molar-refractivity contribution in [3.05, 3.63) is 57.6 Å². The topological polar surface area (TPSA) is 76.7 Å². The Bertz CT molecular complexity index is 969. The Morgan fingerprint density at radius 2 is 1.12 bits per heavy atom. The summed E-state index contributed by atoms with van der Waals surface area (Å²) in [6.07, 6.45) is 3.26. The molecule has 0 aromatic heterocycles. The number of nitrogens with one attached hydrogen (secondary N) is 2. The van der Waals surface area contributed by atoms with Crippen molar-refractivity contribution in [1.82, 2.24) is 10.6 Å². The minimum absolute atomic E-state index is 0.0840. The standard InChI is InChI=1S/C24H24Cl2N2O4/c25-15-1-7-19-13(9-15)11-21(31-19)23(29)27-17-3-5-18(6-4-17)28-24(30)22-12-14-10-16(26)2-8-20(14)32-22/h1-2,7-10,17-18,21-22H,3-6,11-12H2,(H,27,29)(H,28,30). The molecule has 0 radical (unpaired) electrons. The zero-order valence-corrected chi connectivity index (χ0v) is 18.9. The molecule has 3 aliphatic rings. The van der Waals surface area contributed by atoms with Gasteiger partial charge in [0.1, 0.15) is 11.5 Å². The third kappa shape index (κ3) is 4.52. The average molecular weight is 475 g/mol. The van der Waals surface area contributed by atoms with E-state index in [-0.39, 0.29) is 23.9 Å². The van der Waals surface area contributed by atoms with Crippen molar-refractivity contribution in [1.29, 1.82) is 0 Å². The summed E-state index contributed by atoms with van der Waals surface area (Å²) in [6.45, 7) is 0. The third-order valence-corrected chi connectivity index (χ3v) is 6.87. The Balaban J connectivity index is 1.07. The second kappa shape index (κ2) is 8.83. The largest absolute Gasteiger partial charge is 0.480 e. The SMILES string of the molecule is O=C(NC1CCC(NC(=O)C2Cc3cc(Cl)ccc3O2)CC1)C1Cc2cc(Cl)ccc2O1. The zero-order chi connectivity index (χ0) is 22.2. The molecule has 2 atom stereocenters. The summed E-state index contributed by atoms with van der Waals surface area (Å²) in [5, 5.41) is 7.51. The van der Waals surface area contributed by atoms with Crippen LogP contribution in [0.25, 0.3) is 0 Å². The van der Waals surface area contributed by atoms with Crippen molar-refractivity contribution < 1.29 is 19.1 Å². The maximum Gasteiger partial charge on any atom is 0.261 e. The molecule has 32 heavy (non-hydrogen) atoms. The van der Waals surface area contributed by atoms with Gasteiger partial charge in [-0.3, -0.25) is 9.59 Å². The molecule has 5 rings (SSSR count). The van der Waals surface area contributed by atoms with E-state index in [0.29, 0.717) is 22.9 Å². The van der Waals surface area contributed by atoms with Crippen molar-refractivity contribution in [3.63, 3.8) is 0 Å². The van der Waals surface area contributed by atoms with Crippen LogP contribution in [0.4, 0.5) is 0 Å². The summed E-state index contributed by atoms with van der Waals surface area (Å²) in [5.41, 5.74) is 1.92. The fourth-order valence-corrected chi connectivity index (χ4v) is 5.09. The van der Waals surface area contributed by atoms with Crippen molar-refractivity contribution in [2.75, 3.05) is 0 Å². The second-order valence-electron chi connectivity index (χ2n) is 8.69. The highest BCUT2D eigenvalue weighted by molar-refractivity contribution is 6.31. The van der Waals surface area contributed by atoms with Crippen LogP contribution in [0, 0.1) is 0 Å². The van der Waals surface area contributed by atoms with Crippen LogP contribution < -0.4 is 20.1 Å². The number of hydrogen-bond acceptors (Lipinski definition) is 4. The highest BCUT2D eigenvalue weighted by Crippen LogP contribution is 2.32. The number of amides is 2. The summed E-state index contributed by atoms with van der Waals surface area (Å²) >= 11 is 12.1. The lowest BCUT2D eigenvalue weighted by Crippen LogP contribution is -2.49. The zero-order valence-electron chi connectivity index (χ0n) is 17.4. The van der Waals surface area contributed by atoms with Crippen LogP contribution in [0.2, 0.25) is 10.0 Å². The normalized spacial score (nSPS) is 25.8. The van der Waals surface area contributed by atoms with Crippen LogP contribution in [0.1, 0.15) is 36.8 Å². The molecule has 1 fully saturated rings. The fourth-order valence-electron chi connectivity index (χ4n) is 4.70. The molecule has 8 heteroatoms. The van der Waals surface area contributed by atoms with Gasteiger partial charge in [0.25, 0.3) is 11.8 Å². The number of carbonyl (C=O) groups is 2. The van der Waals surface area contributed by atoms with E-state index in [1.54, 1.807) is 24.3 Å². The Morgan fingerprint density at radius 1 is 0.719 bits per heavy atom. The van der Waals surface area contributed by atoms with E-state index in [9.17, 15) is 9.59 Å². The van der Waals surface area contributed by atoms with E-state index in [4.69, 9.17) is 32.7 Å². The number of hydrogen-bond donors (Lipinski definition) is 2. The van der Waals surface area contributed by atoms with E-state index < -0.39 is 12.2 Å². The highest BCUT2D eigenvalue weighted by Gasteiger charge is 2.34. The average Bonchev–Trinajstić information content (AvgIpc) is 3.38. The number of ether oxygens (including phenoxy) is 2. The minimum Gasteiger partial charge on any atom is -0.480 e. The molecule has 0 bridgehead atoms. The summed E-state index contributed by atoms with van der Waals surface area (Å²) in [5.74, 6) is 1.25. The molecule has 168 valence electrons. The second-order valence-corrected chi connectivity index (χ2v) is 9.56. The Labute approximate surface area is 196 Å². The molecule has 2 aliphatic heterocycles. The summed E-state index contributed by atoms with van der Waals surface area (Å²) < 4.78 is 11.6. The number of halogens is 2. The van der Waals surface area contributed by atoms with Crippen molar-refractivity contribution in [3.8, 4) is 11.5 Å². The van der Waals surface area contributed by atoms with Gasteiger partial charge in [0.15, 0.2) is 12.2 Å². The Kier molecular flexibility index (Phi) is 5.91. The van der Waals surface area contributed by atoms with Gasteiger partial charge < -0.3 is 20.1 Å². The quantitative estimate of drug-likeness (QED) is 0.705. The van der Waals surface area contributed by atoms with Crippen LogP contribution in [-0.2, 0) is 22.4 Å². The lowest BCUT2D eigenvalue weighted by atomic mass is 9.90. The molecule has 1 aliphatic carbocycles. The maximum atomic E-state index is 12.7. The van der Waals surface area contributed by atoms with Crippen molar-refractivity contribution in [2.24, 2.45) is 0 Å². The molecule has 1 saturated carbocycles. The van der Waals surface area contributed by atoms with Gasteiger partial charge in [-0.15, -0.1) is 0 Å². The summed E-state index contributed by atoms with van der Waals surface area (Å²) in [4.78, 5) is 25.3. The first-order valence-corrected chi connectivity index (χ1v) is 11.7. The molecule has 2 aromatic rings. The third-order valence-electron chi connectivity index (χ3n) is 6.40. The monoisotopic (exact) mass is 474 g/mol. The predicted octanol–water partition coefficient (Wildman–Crippen LogP) is 3.84. The Hall–Kier alpha value is -2.44. The van der Waals surface area contributed by atoms with Crippen molar-refractivity contribution >= 4 is 35.0 Å². The molecule has 2 amide bonds. The van der Waals surface area contributed by atoms with Gasteiger partial charge in [0.05, 0.1) is 0 Å². The van der Waals surface area contributed by atoms with Crippen molar-refractivity contribution in [2.45, 2.75) is 62.8 Å². The first-order chi connectivity index (χ1) is 15.4. The molecule has 0 saturated heterocycles. The first-order valence-electron chi connectivity index (χ1n) is 11.0. The molecule has 2 aromatic carbocycles. The van der Waals surface area contributed by atoms with Gasteiger partial charge in [0.2, 0.25) is 0 Å². The van der Waals surface area contributed by atoms with E-state index in [2.05, 4.69) is 10.6 Å². The van der Waals surface area contributed by atoms with Gasteiger partial charge in [0, 0.05) is 35.0 Å². The molecular formula is C24H24Cl2N2O4. The molecular weight excluding hydrogens is 451 g/mol. The van der Waals surface area contributed by atoms with Crippen LogP contribution in [-0.4, -0.2) is 36.1 Å². The molecule has 6 nitrogen and oxygen atoms in total. The van der Waals surface area contributed by atoms with E-state index in [1.807, 2.05) is 12.1 Å². The van der Waals surface area contributed by atoms with Gasteiger partial charge in [-0.05, 0) is 73.2 Å². The highest BCUT2D eigenvalue weighted by atomic mass is 35.5. The maximum absolute atomic E-state index is 12.7. The molecule has 0 spiro atoms. The molecule has 2 unspecified atom stereocenters. The first kappa shape index (κ1) is 21.4. The summed E-state index contributed by atoms with van der Waals surface area (Å²) in [6, 6.07) is 11.0. The molecule has 2 heterocycles. The van der Waals surface area contributed by atoms with E-state index in [1.165, 1.54) is 0 Å². The van der Waals surface area contributed by atoms with Gasteiger partial charge in [-0.25, -0.2) is 0 Å². The number of rotatable bonds is 4. The summed E-state index contributed by atoms with van der Waals surface area (Å²) in [7, 11) is 0. The predicted molar refractivity (Wildman–Crippen MR) is 121 cm³/mol. The number of carbonyl (C=O) groups excluding carboxylic acids is 2. The fraction of sp³-hybridized carbons (Fsp3) is 0.417.